The van der Waals surface area contributed by atoms with Gasteiger partial charge in [0.1, 0.15) is 24.7 Å². The third-order valence-corrected chi connectivity index (χ3v) is 4.21. The summed E-state index contributed by atoms with van der Waals surface area (Å²) in [5.41, 5.74) is 5.20. The smallest absolute Gasteiger partial charge is 0.119 e. The molecule has 0 heterocycles. The number of allylic oxidation sites excluding steroid dienone is 2. The van der Waals surface area contributed by atoms with E-state index in [1.807, 2.05) is 24.3 Å². The van der Waals surface area contributed by atoms with Crippen molar-refractivity contribution in [1.29, 1.82) is 0 Å². The van der Waals surface area contributed by atoms with Crippen LogP contribution in [0.1, 0.15) is 37.8 Å². The highest BCUT2D eigenvalue weighted by Gasteiger charge is 2.09. The molecule has 0 unspecified atom stereocenters. The van der Waals surface area contributed by atoms with Crippen LogP contribution < -0.4 is 9.47 Å². The molecule has 2 nitrogen and oxygen atoms in total. The van der Waals surface area contributed by atoms with Crippen LogP contribution in [0.25, 0.3) is 11.1 Å². The first kappa shape index (κ1) is 19.6. The highest BCUT2D eigenvalue weighted by atomic mass is 16.5. The maximum atomic E-state index is 5.59. The van der Waals surface area contributed by atoms with E-state index in [4.69, 9.17) is 9.47 Å². The van der Waals surface area contributed by atoms with Crippen molar-refractivity contribution in [2.24, 2.45) is 0 Å². The van der Waals surface area contributed by atoms with Crippen molar-refractivity contribution in [2.45, 2.75) is 26.7 Å². The minimum atomic E-state index is 0.524. The van der Waals surface area contributed by atoms with Crippen LogP contribution in [0, 0.1) is 0 Å². The molecule has 0 amide bonds. The number of hydrogen-bond donors (Lipinski definition) is 0. The molecule has 0 aliphatic carbocycles. The molecule has 0 aliphatic heterocycles. The van der Waals surface area contributed by atoms with E-state index < -0.39 is 0 Å². The summed E-state index contributed by atoms with van der Waals surface area (Å²) in [6.07, 6.45) is 5.46. The predicted octanol–water partition coefficient (Wildman–Crippen LogP) is 6.55. The summed E-state index contributed by atoms with van der Waals surface area (Å²) in [6, 6.07) is 16.6. The van der Waals surface area contributed by atoms with Crippen LogP contribution in [0.2, 0.25) is 0 Å². The van der Waals surface area contributed by atoms with Gasteiger partial charge in [-0.25, -0.2) is 0 Å². The first-order chi connectivity index (χ1) is 12.7. The fourth-order valence-electron chi connectivity index (χ4n) is 3.00. The third kappa shape index (κ3) is 5.13. The van der Waals surface area contributed by atoms with Crippen LogP contribution in [-0.4, -0.2) is 13.2 Å². The van der Waals surface area contributed by atoms with E-state index in [9.17, 15) is 0 Å². The molecule has 0 bridgehead atoms. The molecule has 136 valence electrons. The molecule has 0 saturated heterocycles. The highest BCUT2D eigenvalue weighted by Crippen LogP contribution is 2.32. The molecule has 2 rings (SSSR count). The molecule has 0 atom stereocenters. The fourth-order valence-corrected chi connectivity index (χ4v) is 3.00. The van der Waals surface area contributed by atoms with Gasteiger partial charge in [-0.15, -0.1) is 0 Å². The van der Waals surface area contributed by atoms with Crippen molar-refractivity contribution in [1.82, 2.24) is 0 Å². The van der Waals surface area contributed by atoms with E-state index in [-0.39, 0.29) is 0 Å². The molecule has 2 aromatic carbocycles. The van der Waals surface area contributed by atoms with E-state index in [0.717, 1.165) is 24.3 Å². The molecule has 0 aliphatic rings. The third-order valence-electron chi connectivity index (χ3n) is 4.21. The van der Waals surface area contributed by atoms with Crippen molar-refractivity contribution in [2.75, 3.05) is 13.2 Å². The van der Waals surface area contributed by atoms with Gasteiger partial charge in [-0.3, -0.25) is 0 Å². The summed E-state index contributed by atoms with van der Waals surface area (Å²) in [5, 5.41) is 0. The maximum Gasteiger partial charge on any atom is 0.119 e. The average Bonchev–Trinajstić information content (AvgIpc) is 2.70. The first-order valence-electron chi connectivity index (χ1n) is 9.13. The van der Waals surface area contributed by atoms with Crippen molar-refractivity contribution >= 4 is 11.1 Å². The van der Waals surface area contributed by atoms with Gasteiger partial charge in [-0.2, -0.15) is 0 Å². The van der Waals surface area contributed by atoms with E-state index in [2.05, 4.69) is 51.3 Å². The zero-order valence-corrected chi connectivity index (χ0v) is 15.8. The molecule has 0 N–H and O–H groups in total. The van der Waals surface area contributed by atoms with Gasteiger partial charge < -0.3 is 9.47 Å². The van der Waals surface area contributed by atoms with E-state index >= 15 is 0 Å². The van der Waals surface area contributed by atoms with Crippen molar-refractivity contribution in [3.05, 3.63) is 85.0 Å². The molecule has 26 heavy (non-hydrogen) atoms. The second kappa shape index (κ2) is 10.3. The Morgan fingerprint density at radius 1 is 0.692 bits per heavy atom. The molecule has 0 fully saturated rings. The average molecular weight is 348 g/mol. The van der Waals surface area contributed by atoms with E-state index in [1.54, 1.807) is 12.2 Å². The predicted molar refractivity (Wildman–Crippen MR) is 112 cm³/mol. The lowest BCUT2D eigenvalue weighted by atomic mass is 9.91. The Balaban J connectivity index is 2.31. The Morgan fingerprint density at radius 2 is 1.04 bits per heavy atom. The Morgan fingerprint density at radius 3 is 1.31 bits per heavy atom. The monoisotopic (exact) mass is 348 g/mol. The number of hydrogen-bond acceptors (Lipinski definition) is 2. The van der Waals surface area contributed by atoms with Crippen molar-refractivity contribution in [3.8, 4) is 11.5 Å². The standard InChI is InChI=1S/C24H28O2/c1-5-17-25-21-13-9-19(10-14-21)23(7-3)24(8-4)20-11-15-22(16-12-20)26-18-6-2/h5-6,9-16H,1-2,7-8,17-18H2,3-4H3/b24-23+. The quantitative estimate of drug-likeness (QED) is 0.358. The van der Waals surface area contributed by atoms with Gasteiger partial charge in [0.25, 0.3) is 0 Å². The first-order valence-corrected chi connectivity index (χ1v) is 9.13. The Labute approximate surface area is 157 Å². The summed E-state index contributed by atoms with van der Waals surface area (Å²) >= 11 is 0. The molecule has 2 aromatic rings. The molecule has 0 radical (unpaired) electrons. The largest absolute Gasteiger partial charge is 0.490 e. The van der Waals surface area contributed by atoms with Crippen molar-refractivity contribution < 1.29 is 9.47 Å². The molecule has 0 spiro atoms. The zero-order chi connectivity index (χ0) is 18.8. The molecular weight excluding hydrogens is 320 g/mol. The SMILES string of the molecule is C=CCOc1ccc(/C(CC)=C(\CC)c2ccc(OCC=C)cc2)cc1. The van der Waals surface area contributed by atoms with Gasteiger partial charge in [0, 0.05) is 0 Å². The topological polar surface area (TPSA) is 18.5 Å². The van der Waals surface area contributed by atoms with Gasteiger partial charge in [-0.1, -0.05) is 63.4 Å². The minimum Gasteiger partial charge on any atom is -0.490 e. The molecular formula is C24H28O2. The van der Waals surface area contributed by atoms with Gasteiger partial charge in [0.05, 0.1) is 0 Å². The van der Waals surface area contributed by atoms with Gasteiger partial charge in [0.15, 0.2) is 0 Å². The van der Waals surface area contributed by atoms with Crippen LogP contribution in [0.4, 0.5) is 0 Å². The second-order valence-electron chi connectivity index (χ2n) is 5.91. The zero-order valence-electron chi connectivity index (χ0n) is 15.8. The summed E-state index contributed by atoms with van der Waals surface area (Å²) in [5.74, 6) is 1.73. The van der Waals surface area contributed by atoms with Crippen LogP contribution in [0.3, 0.4) is 0 Å². The second-order valence-corrected chi connectivity index (χ2v) is 5.91. The van der Waals surface area contributed by atoms with Crippen LogP contribution in [-0.2, 0) is 0 Å². The lowest BCUT2D eigenvalue weighted by Crippen LogP contribution is -1.95. The Bertz CT molecular complexity index is 671. The lowest BCUT2D eigenvalue weighted by Gasteiger charge is -2.15. The number of benzene rings is 2. The van der Waals surface area contributed by atoms with Gasteiger partial charge in [0.2, 0.25) is 0 Å². The van der Waals surface area contributed by atoms with E-state index in [0.29, 0.717) is 13.2 Å². The van der Waals surface area contributed by atoms with Gasteiger partial charge in [-0.05, 0) is 59.4 Å². The van der Waals surface area contributed by atoms with Gasteiger partial charge >= 0.3 is 0 Å². The maximum absolute atomic E-state index is 5.59. The number of rotatable bonds is 10. The van der Waals surface area contributed by atoms with E-state index in [1.165, 1.54) is 22.3 Å². The Kier molecular flexibility index (Phi) is 7.75. The molecule has 0 saturated carbocycles. The minimum absolute atomic E-state index is 0.524. The highest BCUT2D eigenvalue weighted by molar-refractivity contribution is 5.90. The van der Waals surface area contributed by atoms with Crippen LogP contribution in [0.15, 0.2) is 73.8 Å². The lowest BCUT2D eigenvalue weighted by molar-refractivity contribution is 0.363. The Hall–Kier alpha value is -2.74. The summed E-state index contributed by atoms with van der Waals surface area (Å²) in [6.45, 7) is 12.8. The number of ether oxygens (including phenoxy) is 2. The fraction of sp³-hybridized carbons (Fsp3) is 0.250. The summed E-state index contributed by atoms with van der Waals surface area (Å²) < 4.78 is 11.2. The summed E-state index contributed by atoms with van der Waals surface area (Å²) in [7, 11) is 0. The van der Waals surface area contributed by atoms with Crippen molar-refractivity contribution in [3.63, 3.8) is 0 Å². The van der Waals surface area contributed by atoms with Crippen LogP contribution in [0.5, 0.6) is 11.5 Å². The summed E-state index contributed by atoms with van der Waals surface area (Å²) in [4.78, 5) is 0. The molecule has 2 heteroatoms. The molecule has 0 aromatic heterocycles. The van der Waals surface area contributed by atoms with Crippen LogP contribution >= 0.6 is 0 Å². The normalized spacial score (nSPS) is 11.5.